The SMILES string of the molecule is CCNC(=NCc1ccc(S(=O)(=O)NC2CC2)cc1)NCC(C)Oc1cccc(C)c1.I. The fourth-order valence-corrected chi connectivity index (χ4v) is 4.28. The molecule has 176 valence electrons. The summed E-state index contributed by atoms with van der Waals surface area (Å²) in [6.45, 7) is 7.84. The summed E-state index contributed by atoms with van der Waals surface area (Å²) in [4.78, 5) is 4.89. The van der Waals surface area contributed by atoms with E-state index in [-0.39, 0.29) is 36.1 Å². The third-order valence-corrected chi connectivity index (χ3v) is 6.32. The van der Waals surface area contributed by atoms with Crippen LogP contribution in [0.25, 0.3) is 0 Å². The molecule has 0 spiro atoms. The van der Waals surface area contributed by atoms with Crippen molar-refractivity contribution in [3.8, 4) is 5.75 Å². The standard InChI is InChI=1S/C23H32N4O3S.HI/c1-4-24-23(25-15-18(3)30-21-7-5-6-17(2)14-21)26-16-19-8-12-22(13-9-19)31(28,29)27-20-10-11-20;/h5-9,12-14,18,20,27H,4,10-11,15-16H2,1-3H3,(H2,24,25,26);1H. The van der Waals surface area contributed by atoms with Crippen molar-refractivity contribution in [3.05, 3.63) is 59.7 Å². The highest BCUT2D eigenvalue weighted by Gasteiger charge is 2.27. The van der Waals surface area contributed by atoms with Crippen molar-refractivity contribution in [1.82, 2.24) is 15.4 Å². The largest absolute Gasteiger partial charge is 0.489 e. The summed E-state index contributed by atoms with van der Waals surface area (Å²) in [5, 5.41) is 6.52. The highest BCUT2D eigenvalue weighted by molar-refractivity contribution is 14.0. The number of sulfonamides is 1. The van der Waals surface area contributed by atoms with Gasteiger partial charge in [-0.3, -0.25) is 0 Å². The van der Waals surface area contributed by atoms with E-state index in [1.807, 2.05) is 45.0 Å². The molecule has 0 amide bonds. The molecule has 1 aliphatic rings. The predicted molar refractivity (Wildman–Crippen MR) is 139 cm³/mol. The third kappa shape index (κ3) is 8.59. The molecule has 0 saturated heterocycles. The Bertz CT molecular complexity index is 993. The van der Waals surface area contributed by atoms with E-state index in [2.05, 4.69) is 20.3 Å². The van der Waals surface area contributed by atoms with Crippen molar-refractivity contribution in [2.24, 2.45) is 4.99 Å². The Morgan fingerprint density at radius 3 is 2.50 bits per heavy atom. The maximum absolute atomic E-state index is 12.3. The van der Waals surface area contributed by atoms with Crippen LogP contribution in [-0.2, 0) is 16.6 Å². The monoisotopic (exact) mass is 572 g/mol. The molecule has 0 heterocycles. The molecule has 2 aromatic rings. The summed E-state index contributed by atoms with van der Waals surface area (Å²) in [6.07, 6.45) is 1.80. The molecule has 9 heteroatoms. The van der Waals surface area contributed by atoms with Gasteiger partial charge < -0.3 is 15.4 Å². The summed E-state index contributed by atoms with van der Waals surface area (Å²) in [7, 11) is -3.42. The second-order valence-corrected chi connectivity index (χ2v) is 9.57. The molecule has 1 fully saturated rings. The average molecular weight is 573 g/mol. The van der Waals surface area contributed by atoms with Gasteiger partial charge in [0.2, 0.25) is 10.0 Å². The Morgan fingerprint density at radius 2 is 1.88 bits per heavy atom. The van der Waals surface area contributed by atoms with Crippen molar-refractivity contribution in [1.29, 1.82) is 0 Å². The Labute approximate surface area is 208 Å². The number of guanidine groups is 1. The van der Waals surface area contributed by atoms with Crippen molar-refractivity contribution in [2.75, 3.05) is 13.1 Å². The highest BCUT2D eigenvalue weighted by Crippen LogP contribution is 2.22. The summed E-state index contributed by atoms with van der Waals surface area (Å²) in [5.41, 5.74) is 2.10. The lowest BCUT2D eigenvalue weighted by atomic mass is 10.2. The second-order valence-electron chi connectivity index (χ2n) is 7.86. The van der Waals surface area contributed by atoms with Gasteiger partial charge in [-0.25, -0.2) is 18.1 Å². The number of hydrogen-bond donors (Lipinski definition) is 3. The average Bonchev–Trinajstić information content (AvgIpc) is 3.54. The van der Waals surface area contributed by atoms with E-state index in [0.717, 1.165) is 36.3 Å². The number of ether oxygens (including phenoxy) is 1. The first-order valence-electron chi connectivity index (χ1n) is 10.7. The molecule has 32 heavy (non-hydrogen) atoms. The maximum Gasteiger partial charge on any atom is 0.240 e. The van der Waals surface area contributed by atoms with E-state index >= 15 is 0 Å². The Morgan fingerprint density at radius 1 is 1.16 bits per heavy atom. The van der Waals surface area contributed by atoms with Gasteiger partial charge in [-0.2, -0.15) is 0 Å². The van der Waals surface area contributed by atoms with Crippen molar-refractivity contribution < 1.29 is 13.2 Å². The van der Waals surface area contributed by atoms with Crippen LogP contribution in [0.3, 0.4) is 0 Å². The fourth-order valence-electron chi connectivity index (χ4n) is 2.98. The zero-order valence-electron chi connectivity index (χ0n) is 18.8. The van der Waals surface area contributed by atoms with Crippen LogP contribution < -0.4 is 20.1 Å². The summed E-state index contributed by atoms with van der Waals surface area (Å²) in [5.74, 6) is 1.54. The van der Waals surface area contributed by atoms with E-state index in [4.69, 9.17) is 4.74 Å². The lowest BCUT2D eigenvalue weighted by molar-refractivity contribution is 0.223. The molecule has 7 nitrogen and oxygen atoms in total. The molecule has 1 saturated carbocycles. The molecule has 0 aromatic heterocycles. The van der Waals surface area contributed by atoms with Crippen LogP contribution in [0.15, 0.2) is 58.4 Å². The van der Waals surface area contributed by atoms with Gasteiger partial charge in [0, 0.05) is 12.6 Å². The van der Waals surface area contributed by atoms with Crippen LogP contribution in [0.4, 0.5) is 0 Å². The Hall–Kier alpha value is -1.85. The molecule has 0 aliphatic heterocycles. The van der Waals surface area contributed by atoms with Crippen molar-refractivity contribution >= 4 is 40.0 Å². The predicted octanol–water partition coefficient (Wildman–Crippen LogP) is 3.58. The van der Waals surface area contributed by atoms with Gasteiger partial charge in [0.15, 0.2) is 5.96 Å². The molecular formula is C23H33IN4O3S. The van der Waals surface area contributed by atoms with Crippen LogP contribution in [-0.4, -0.2) is 39.6 Å². The minimum atomic E-state index is -3.42. The fraction of sp³-hybridized carbons (Fsp3) is 0.435. The molecule has 3 rings (SSSR count). The van der Waals surface area contributed by atoms with E-state index in [1.54, 1.807) is 24.3 Å². The van der Waals surface area contributed by atoms with Crippen LogP contribution in [0.2, 0.25) is 0 Å². The Kier molecular flexibility index (Phi) is 10.2. The number of halogens is 1. The van der Waals surface area contributed by atoms with E-state index in [0.29, 0.717) is 23.9 Å². The summed E-state index contributed by atoms with van der Waals surface area (Å²) < 4.78 is 33.2. The minimum absolute atomic E-state index is 0. The van der Waals surface area contributed by atoms with Crippen molar-refractivity contribution in [2.45, 2.75) is 57.2 Å². The zero-order valence-corrected chi connectivity index (χ0v) is 21.9. The van der Waals surface area contributed by atoms with Gasteiger partial charge in [0.05, 0.1) is 18.0 Å². The van der Waals surface area contributed by atoms with Crippen LogP contribution in [0, 0.1) is 6.92 Å². The van der Waals surface area contributed by atoms with Gasteiger partial charge >= 0.3 is 0 Å². The highest BCUT2D eigenvalue weighted by atomic mass is 127. The third-order valence-electron chi connectivity index (χ3n) is 4.78. The molecular weight excluding hydrogens is 539 g/mol. The number of aryl methyl sites for hydroxylation is 1. The van der Waals surface area contributed by atoms with Crippen LogP contribution >= 0.6 is 24.0 Å². The summed E-state index contributed by atoms with van der Waals surface area (Å²) in [6, 6.07) is 15.0. The smallest absolute Gasteiger partial charge is 0.240 e. The number of rotatable bonds is 10. The van der Waals surface area contributed by atoms with E-state index < -0.39 is 10.0 Å². The lowest BCUT2D eigenvalue weighted by Gasteiger charge is -2.18. The van der Waals surface area contributed by atoms with Gasteiger partial charge in [-0.1, -0.05) is 24.3 Å². The molecule has 1 unspecified atom stereocenters. The van der Waals surface area contributed by atoms with E-state index in [9.17, 15) is 8.42 Å². The first-order chi connectivity index (χ1) is 14.9. The van der Waals surface area contributed by atoms with Gasteiger partial charge in [0.25, 0.3) is 0 Å². The second kappa shape index (κ2) is 12.4. The minimum Gasteiger partial charge on any atom is -0.489 e. The van der Waals surface area contributed by atoms with Crippen LogP contribution in [0.1, 0.15) is 37.8 Å². The first-order valence-corrected chi connectivity index (χ1v) is 12.2. The molecule has 0 radical (unpaired) electrons. The van der Waals surface area contributed by atoms with Gasteiger partial charge in [-0.15, -0.1) is 24.0 Å². The molecule has 0 bridgehead atoms. The topological polar surface area (TPSA) is 91.8 Å². The lowest BCUT2D eigenvalue weighted by Crippen LogP contribution is -2.41. The van der Waals surface area contributed by atoms with Crippen LogP contribution in [0.5, 0.6) is 5.75 Å². The number of nitrogens with zero attached hydrogens (tertiary/aromatic N) is 1. The number of aliphatic imine (C=N–C) groups is 1. The molecule has 1 atom stereocenters. The number of hydrogen-bond acceptors (Lipinski definition) is 4. The summed E-state index contributed by atoms with van der Waals surface area (Å²) >= 11 is 0. The van der Waals surface area contributed by atoms with Crippen molar-refractivity contribution in [3.63, 3.8) is 0 Å². The molecule has 2 aromatic carbocycles. The van der Waals surface area contributed by atoms with E-state index in [1.165, 1.54) is 0 Å². The first kappa shape index (κ1) is 26.4. The molecule has 3 N–H and O–H groups in total. The number of benzene rings is 2. The van der Waals surface area contributed by atoms with Gasteiger partial charge in [0.1, 0.15) is 11.9 Å². The normalized spacial score (nSPS) is 14.9. The Balaban J connectivity index is 0.00000363. The molecule has 1 aliphatic carbocycles. The maximum atomic E-state index is 12.3. The quantitative estimate of drug-likeness (QED) is 0.230. The van der Waals surface area contributed by atoms with Gasteiger partial charge in [-0.05, 0) is 69.0 Å². The number of nitrogens with one attached hydrogen (secondary N) is 3. The zero-order chi connectivity index (χ0) is 22.3.